The fraction of sp³-hybridized carbons (Fsp3) is 0.235. The van der Waals surface area contributed by atoms with Crippen LogP contribution < -0.4 is 4.74 Å². The largest absolute Gasteiger partial charge is 0.496 e. The summed E-state index contributed by atoms with van der Waals surface area (Å²) >= 11 is 0. The quantitative estimate of drug-likeness (QED) is 0.757. The Bertz CT molecular complexity index is 771. The van der Waals surface area contributed by atoms with Gasteiger partial charge in [0.05, 0.1) is 7.11 Å². The number of methoxy groups -OCH3 is 1. The molecule has 0 aliphatic rings. The first-order valence-electron chi connectivity index (χ1n) is 7.39. The van der Waals surface area contributed by atoms with Gasteiger partial charge in [-0.1, -0.05) is 0 Å². The lowest BCUT2D eigenvalue weighted by Crippen LogP contribution is -2.01. The highest BCUT2D eigenvalue weighted by atomic mass is 16.5. The third kappa shape index (κ3) is 3.22. The molecule has 0 aliphatic carbocycles. The summed E-state index contributed by atoms with van der Waals surface area (Å²) in [6.07, 6.45) is 9.39. The Kier molecular flexibility index (Phi) is 4.63. The molecular weight excluding hydrogens is 292 g/mol. The molecule has 0 fully saturated rings. The van der Waals surface area contributed by atoms with Gasteiger partial charge in [-0.2, -0.15) is 0 Å². The Morgan fingerprint density at radius 2 is 2.00 bits per heavy atom. The van der Waals surface area contributed by atoms with Crippen LogP contribution in [0.1, 0.15) is 6.42 Å². The Labute approximate surface area is 134 Å². The predicted octanol–water partition coefficient (Wildman–Crippen LogP) is 2.40. The molecule has 118 valence electrons. The number of imidazole rings is 1. The van der Waals surface area contributed by atoms with E-state index < -0.39 is 0 Å². The van der Waals surface area contributed by atoms with Gasteiger partial charge in [0, 0.05) is 54.6 Å². The SMILES string of the molecule is COc1ccc(-c2nccn2CCCO)cc1-c1cncnc1. The van der Waals surface area contributed by atoms with Gasteiger partial charge in [-0.3, -0.25) is 0 Å². The van der Waals surface area contributed by atoms with E-state index in [0.717, 1.165) is 34.8 Å². The lowest BCUT2D eigenvalue weighted by Gasteiger charge is -2.12. The number of rotatable bonds is 6. The van der Waals surface area contributed by atoms with Crippen molar-refractivity contribution in [2.24, 2.45) is 0 Å². The van der Waals surface area contributed by atoms with Crippen molar-refractivity contribution in [2.45, 2.75) is 13.0 Å². The zero-order chi connectivity index (χ0) is 16.1. The van der Waals surface area contributed by atoms with Gasteiger partial charge in [-0.15, -0.1) is 0 Å². The summed E-state index contributed by atoms with van der Waals surface area (Å²) in [5.41, 5.74) is 2.79. The van der Waals surface area contributed by atoms with Crippen molar-refractivity contribution >= 4 is 0 Å². The third-order valence-electron chi connectivity index (χ3n) is 3.60. The van der Waals surface area contributed by atoms with E-state index in [9.17, 15) is 0 Å². The number of nitrogens with zero attached hydrogens (tertiary/aromatic N) is 4. The van der Waals surface area contributed by atoms with E-state index in [1.54, 1.807) is 25.7 Å². The van der Waals surface area contributed by atoms with Crippen LogP contribution in [-0.4, -0.2) is 38.3 Å². The van der Waals surface area contributed by atoms with E-state index >= 15 is 0 Å². The minimum Gasteiger partial charge on any atom is -0.496 e. The van der Waals surface area contributed by atoms with Crippen molar-refractivity contribution in [3.05, 3.63) is 49.3 Å². The molecule has 1 N–H and O–H groups in total. The van der Waals surface area contributed by atoms with Crippen LogP contribution in [0, 0.1) is 0 Å². The zero-order valence-electron chi connectivity index (χ0n) is 12.9. The summed E-state index contributed by atoms with van der Waals surface area (Å²) in [6.45, 7) is 0.883. The Balaban J connectivity index is 2.04. The predicted molar refractivity (Wildman–Crippen MR) is 86.9 cm³/mol. The highest BCUT2D eigenvalue weighted by molar-refractivity contribution is 5.75. The molecule has 0 atom stereocenters. The molecule has 1 aromatic carbocycles. The first-order chi connectivity index (χ1) is 11.3. The first kappa shape index (κ1) is 15.2. The van der Waals surface area contributed by atoms with Crippen LogP contribution in [0.25, 0.3) is 22.5 Å². The summed E-state index contributed by atoms with van der Waals surface area (Å²) in [5, 5.41) is 9.02. The smallest absolute Gasteiger partial charge is 0.139 e. The topological polar surface area (TPSA) is 73.1 Å². The van der Waals surface area contributed by atoms with Gasteiger partial charge in [0.1, 0.15) is 17.9 Å². The molecule has 0 saturated heterocycles. The maximum Gasteiger partial charge on any atom is 0.139 e. The van der Waals surface area contributed by atoms with Crippen LogP contribution in [0.15, 0.2) is 49.3 Å². The van der Waals surface area contributed by atoms with Crippen LogP contribution in [0.2, 0.25) is 0 Å². The minimum atomic E-state index is 0.160. The van der Waals surface area contributed by atoms with Crippen LogP contribution in [-0.2, 0) is 6.54 Å². The van der Waals surface area contributed by atoms with Crippen LogP contribution >= 0.6 is 0 Å². The molecule has 0 saturated carbocycles. The van der Waals surface area contributed by atoms with Crippen molar-refractivity contribution in [3.63, 3.8) is 0 Å². The van der Waals surface area contributed by atoms with E-state index in [0.29, 0.717) is 6.42 Å². The number of hydrogen-bond acceptors (Lipinski definition) is 5. The molecule has 6 nitrogen and oxygen atoms in total. The second kappa shape index (κ2) is 7.02. The van der Waals surface area contributed by atoms with E-state index in [4.69, 9.17) is 9.84 Å². The average Bonchev–Trinajstić information content (AvgIpc) is 3.08. The number of ether oxygens (including phenoxy) is 1. The molecule has 0 bridgehead atoms. The molecule has 0 aliphatic heterocycles. The summed E-state index contributed by atoms with van der Waals surface area (Å²) in [6, 6.07) is 5.92. The first-order valence-corrected chi connectivity index (χ1v) is 7.39. The number of aryl methyl sites for hydroxylation is 1. The number of aliphatic hydroxyl groups is 1. The van der Waals surface area contributed by atoms with Crippen LogP contribution in [0.3, 0.4) is 0 Å². The standard InChI is InChI=1S/C17H18N4O2/c1-23-16-4-3-13(9-15(16)14-10-18-12-19-11-14)17-20-5-7-21(17)6-2-8-22/h3-5,7,9-12,22H,2,6,8H2,1H3. The fourth-order valence-electron chi connectivity index (χ4n) is 2.50. The molecule has 0 unspecified atom stereocenters. The van der Waals surface area contributed by atoms with Crippen molar-refractivity contribution in [1.29, 1.82) is 0 Å². The lowest BCUT2D eigenvalue weighted by atomic mass is 10.0. The maximum absolute atomic E-state index is 9.02. The third-order valence-corrected chi connectivity index (χ3v) is 3.60. The maximum atomic E-state index is 9.02. The molecule has 0 radical (unpaired) electrons. The van der Waals surface area contributed by atoms with Gasteiger partial charge in [0.2, 0.25) is 0 Å². The molecular formula is C17H18N4O2. The average molecular weight is 310 g/mol. The number of aliphatic hydroxyl groups excluding tert-OH is 1. The highest BCUT2D eigenvalue weighted by Gasteiger charge is 2.12. The molecule has 2 aromatic heterocycles. The van der Waals surface area contributed by atoms with Gasteiger partial charge in [0.15, 0.2) is 0 Å². The monoisotopic (exact) mass is 310 g/mol. The lowest BCUT2D eigenvalue weighted by molar-refractivity contribution is 0.280. The van der Waals surface area contributed by atoms with Gasteiger partial charge in [0.25, 0.3) is 0 Å². The molecule has 3 rings (SSSR count). The van der Waals surface area contributed by atoms with Gasteiger partial charge in [-0.05, 0) is 24.6 Å². The normalized spacial score (nSPS) is 10.7. The molecule has 6 heteroatoms. The van der Waals surface area contributed by atoms with E-state index in [1.165, 1.54) is 6.33 Å². The molecule has 0 spiro atoms. The van der Waals surface area contributed by atoms with E-state index in [2.05, 4.69) is 15.0 Å². The Morgan fingerprint density at radius 3 is 2.74 bits per heavy atom. The summed E-state index contributed by atoms with van der Waals surface area (Å²) in [5.74, 6) is 1.62. The van der Waals surface area contributed by atoms with Crippen molar-refractivity contribution in [2.75, 3.05) is 13.7 Å². The van der Waals surface area contributed by atoms with Gasteiger partial charge in [-0.25, -0.2) is 15.0 Å². The fourth-order valence-corrected chi connectivity index (χ4v) is 2.50. The van der Waals surface area contributed by atoms with Crippen LogP contribution in [0.4, 0.5) is 0 Å². The molecule has 2 heterocycles. The number of benzene rings is 1. The second-order valence-corrected chi connectivity index (χ2v) is 5.06. The molecule has 0 amide bonds. The zero-order valence-corrected chi connectivity index (χ0v) is 12.9. The Morgan fingerprint density at radius 1 is 1.17 bits per heavy atom. The minimum absolute atomic E-state index is 0.160. The molecule has 23 heavy (non-hydrogen) atoms. The summed E-state index contributed by atoms with van der Waals surface area (Å²) in [7, 11) is 1.64. The summed E-state index contributed by atoms with van der Waals surface area (Å²) < 4.78 is 7.48. The number of hydrogen-bond donors (Lipinski definition) is 1. The second-order valence-electron chi connectivity index (χ2n) is 5.06. The van der Waals surface area contributed by atoms with Gasteiger partial charge < -0.3 is 14.4 Å². The molecule has 3 aromatic rings. The van der Waals surface area contributed by atoms with Crippen molar-refractivity contribution in [1.82, 2.24) is 19.5 Å². The highest BCUT2D eigenvalue weighted by Crippen LogP contribution is 2.33. The Hall–Kier alpha value is -2.73. The van der Waals surface area contributed by atoms with Crippen LogP contribution in [0.5, 0.6) is 5.75 Å². The van der Waals surface area contributed by atoms with Crippen molar-refractivity contribution < 1.29 is 9.84 Å². The summed E-state index contributed by atoms with van der Waals surface area (Å²) in [4.78, 5) is 12.6. The van der Waals surface area contributed by atoms with Gasteiger partial charge >= 0.3 is 0 Å². The van der Waals surface area contributed by atoms with E-state index in [-0.39, 0.29) is 6.61 Å². The number of aromatic nitrogens is 4. The van der Waals surface area contributed by atoms with Crippen molar-refractivity contribution in [3.8, 4) is 28.3 Å². The van der Waals surface area contributed by atoms with E-state index in [1.807, 2.05) is 29.0 Å².